The van der Waals surface area contributed by atoms with Gasteiger partial charge in [-0.2, -0.15) is 0 Å². The summed E-state index contributed by atoms with van der Waals surface area (Å²) in [4.78, 5) is 16.1. The fraction of sp³-hybridized carbons (Fsp3) is 0.176. The molecule has 3 rings (SSSR count). The summed E-state index contributed by atoms with van der Waals surface area (Å²) in [5, 5.41) is 0. The first-order chi connectivity index (χ1) is 10.7. The van der Waals surface area contributed by atoms with Crippen molar-refractivity contribution in [2.75, 3.05) is 7.11 Å². The Kier molecular flexibility index (Phi) is 4.05. The molecule has 5 nitrogen and oxygen atoms in total. The van der Waals surface area contributed by atoms with Crippen LogP contribution < -0.4 is 4.74 Å². The lowest BCUT2D eigenvalue weighted by molar-refractivity contribution is -0.130. The number of furan rings is 1. The van der Waals surface area contributed by atoms with Crippen LogP contribution in [0.3, 0.4) is 0 Å². The summed E-state index contributed by atoms with van der Waals surface area (Å²) in [6.07, 6.45) is 4.47. The Morgan fingerprint density at radius 1 is 1.23 bits per heavy atom. The Labute approximate surface area is 127 Å². The normalized spacial score (nSPS) is 15.8. The van der Waals surface area contributed by atoms with E-state index < -0.39 is 5.97 Å². The Morgan fingerprint density at radius 3 is 2.91 bits per heavy atom. The predicted molar refractivity (Wildman–Crippen MR) is 81.5 cm³/mol. The molecule has 112 valence electrons. The number of cyclic esters (lactones) is 1. The number of aryl methyl sites for hydroxylation is 1. The first-order valence-electron chi connectivity index (χ1n) is 6.92. The van der Waals surface area contributed by atoms with Gasteiger partial charge in [0.1, 0.15) is 11.5 Å². The van der Waals surface area contributed by atoms with Crippen LogP contribution in [0, 0.1) is 0 Å². The van der Waals surface area contributed by atoms with Crippen LogP contribution in [0.2, 0.25) is 0 Å². The summed E-state index contributed by atoms with van der Waals surface area (Å²) in [7, 11) is 1.60. The van der Waals surface area contributed by atoms with Crippen LogP contribution in [-0.4, -0.2) is 19.0 Å². The topological polar surface area (TPSA) is 61.0 Å². The molecule has 0 fully saturated rings. The summed E-state index contributed by atoms with van der Waals surface area (Å²) >= 11 is 0. The minimum atomic E-state index is -0.433. The third kappa shape index (κ3) is 3.25. The molecule has 0 atom stereocenters. The Morgan fingerprint density at radius 2 is 2.14 bits per heavy atom. The molecule has 0 saturated carbocycles. The minimum Gasteiger partial charge on any atom is -0.497 e. The molecule has 5 heteroatoms. The highest BCUT2D eigenvalue weighted by atomic mass is 16.6. The quantitative estimate of drug-likeness (QED) is 0.628. The highest BCUT2D eigenvalue weighted by Gasteiger charge is 2.22. The first-order valence-corrected chi connectivity index (χ1v) is 6.92. The van der Waals surface area contributed by atoms with Crippen LogP contribution in [0.15, 0.2) is 57.8 Å². The highest BCUT2D eigenvalue weighted by Crippen LogP contribution is 2.20. The molecule has 1 aliphatic heterocycles. The molecule has 0 amide bonds. The number of nitrogens with zero attached hydrogens (tertiary/aromatic N) is 1. The van der Waals surface area contributed by atoms with Crippen LogP contribution in [0.1, 0.15) is 17.7 Å². The number of methoxy groups -OCH3 is 1. The number of rotatable bonds is 5. The smallest absolute Gasteiger partial charge is 0.363 e. The van der Waals surface area contributed by atoms with Crippen LogP contribution in [-0.2, 0) is 16.0 Å². The lowest BCUT2D eigenvalue weighted by Crippen LogP contribution is -2.04. The van der Waals surface area contributed by atoms with Gasteiger partial charge in [0.15, 0.2) is 11.6 Å². The maximum absolute atomic E-state index is 11.8. The molecule has 2 heterocycles. The molecule has 0 aliphatic carbocycles. The Bertz CT molecular complexity index is 729. The van der Waals surface area contributed by atoms with E-state index in [-0.39, 0.29) is 0 Å². The molecular formula is C17H15NO4. The standard InChI is InChI=1S/C17H15NO4/c1-20-14-5-2-4-12(10-14)11-15-17(19)22-16(18-15)8-7-13-6-3-9-21-13/h2-6,9-11H,7-8H2,1H3/b15-11+. The van der Waals surface area contributed by atoms with Crippen molar-refractivity contribution in [2.24, 2.45) is 4.99 Å². The van der Waals surface area contributed by atoms with Crippen LogP contribution >= 0.6 is 0 Å². The van der Waals surface area contributed by atoms with Gasteiger partial charge in [-0.1, -0.05) is 12.1 Å². The van der Waals surface area contributed by atoms with Crippen molar-refractivity contribution in [3.63, 3.8) is 0 Å². The van der Waals surface area contributed by atoms with Crippen LogP contribution in [0.25, 0.3) is 6.08 Å². The zero-order valence-corrected chi connectivity index (χ0v) is 12.1. The Balaban J connectivity index is 1.72. The van der Waals surface area contributed by atoms with Crippen molar-refractivity contribution < 1.29 is 18.7 Å². The lowest BCUT2D eigenvalue weighted by Gasteiger charge is -2.00. The fourth-order valence-corrected chi connectivity index (χ4v) is 2.13. The highest BCUT2D eigenvalue weighted by molar-refractivity contribution is 6.07. The molecule has 2 aromatic rings. The monoisotopic (exact) mass is 297 g/mol. The van der Waals surface area contributed by atoms with Gasteiger partial charge in [0.25, 0.3) is 0 Å². The van der Waals surface area contributed by atoms with Gasteiger partial charge in [0.05, 0.1) is 13.4 Å². The number of ether oxygens (including phenoxy) is 2. The lowest BCUT2D eigenvalue weighted by atomic mass is 10.2. The van der Waals surface area contributed by atoms with Crippen molar-refractivity contribution >= 4 is 17.9 Å². The van der Waals surface area contributed by atoms with E-state index >= 15 is 0 Å². The first kappa shape index (κ1) is 14.1. The number of aliphatic imine (C=N–C) groups is 1. The third-order valence-corrected chi connectivity index (χ3v) is 3.23. The average Bonchev–Trinajstić information content (AvgIpc) is 3.16. The maximum atomic E-state index is 11.8. The SMILES string of the molecule is COc1cccc(/C=C2/N=C(CCc3ccco3)OC2=O)c1. The molecule has 0 radical (unpaired) electrons. The van der Waals surface area contributed by atoms with Gasteiger partial charge < -0.3 is 13.9 Å². The van der Waals surface area contributed by atoms with E-state index in [9.17, 15) is 4.79 Å². The fourth-order valence-electron chi connectivity index (χ4n) is 2.13. The van der Waals surface area contributed by atoms with Crippen molar-refractivity contribution in [2.45, 2.75) is 12.8 Å². The molecule has 0 N–H and O–H groups in total. The number of carbonyl (C=O) groups excluding carboxylic acids is 1. The van der Waals surface area contributed by atoms with Gasteiger partial charge in [-0.15, -0.1) is 0 Å². The molecule has 1 aromatic heterocycles. The molecule has 1 aliphatic rings. The predicted octanol–water partition coefficient (Wildman–Crippen LogP) is 3.22. The van der Waals surface area contributed by atoms with Gasteiger partial charge >= 0.3 is 5.97 Å². The van der Waals surface area contributed by atoms with E-state index in [1.165, 1.54) is 0 Å². The molecule has 0 spiro atoms. The number of hydrogen-bond donors (Lipinski definition) is 0. The Hall–Kier alpha value is -2.82. The van der Waals surface area contributed by atoms with Crippen LogP contribution in [0.4, 0.5) is 0 Å². The molecule has 22 heavy (non-hydrogen) atoms. The second-order valence-corrected chi connectivity index (χ2v) is 4.78. The molecular weight excluding hydrogens is 282 g/mol. The molecule has 0 unspecified atom stereocenters. The summed E-state index contributed by atoms with van der Waals surface area (Å²) < 4.78 is 15.6. The van der Waals surface area contributed by atoms with E-state index in [4.69, 9.17) is 13.9 Å². The van der Waals surface area contributed by atoms with Crippen molar-refractivity contribution in [3.05, 3.63) is 59.7 Å². The zero-order chi connectivity index (χ0) is 15.4. The van der Waals surface area contributed by atoms with E-state index in [1.54, 1.807) is 19.4 Å². The second kappa shape index (κ2) is 6.30. The van der Waals surface area contributed by atoms with Gasteiger partial charge in [0.2, 0.25) is 0 Å². The van der Waals surface area contributed by atoms with Crippen molar-refractivity contribution in [1.29, 1.82) is 0 Å². The molecule has 0 bridgehead atoms. The van der Waals surface area contributed by atoms with Gasteiger partial charge in [0, 0.05) is 12.8 Å². The minimum absolute atomic E-state index is 0.294. The number of benzene rings is 1. The van der Waals surface area contributed by atoms with Gasteiger partial charge in [-0.25, -0.2) is 9.79 Å². The maximum Gasteiger partial charge on any atom is 0.363 e. The van der Waals surface area contributed by atoms with Crippen molar-refractivity contribution in [3.8, 4) is 5.75 Å². The summed E-state index contributed by atoms with van der Waals surface area (Å²) in [6.45, 7) is 0. The van der Waals surface area contributed by atoms with Gasteiger partial charge in [-0.3, -0.25) is 0 Å². The molecule has 1 aromatic carbocycles. The van der Waals surface area contributed by atoms with Gasteiger partial charge in [-0.05, 0) is 35.9 Å². The van der Waals surface area contributed by atoms with Crippen molar-refractivity contribution in [1.82, 2.24) is 0 Å². The summed E-state index contributed by atoms with van der Waals surface area (Å²) in [6, 6.07) is 11.1. The largest absolute Gasteiger partial charge is 0.497 e. The van der Waals surface area contributed by atoms with E-state index in [0.29, 0.717) is 24.4 Å². The van der Waals surface area contributed by atoms with E-state index in [1.807, 2.05) is 36.4 Å². The third-order valence-electron chi connectivity index (χ3n) is 3.23. The average molecular weight is 297 g/mol. The number of esters is 1. The molecule has 0 saturated heterocycles. The zero-order valence-electron chi connectivity index (χ0n) is 12.1. The summed E-state index contributed by atoms with van der Waals surface area (Å²) in [5.41, 5.74) is 1.13. The second-order valence-electron chi connectivity index (χ2n) is 4.78. The number of hydrogen-bond acceptors (Lipinski definition) is 5. The van der Waals surface area contributed by atoms with E-state index in [0.717, 1.165) is 17.1 Å². The summed E-state index contributed by atoms with van der Waals surface area (Å²) in [5.74, 6) is 1.54. The van der Waals surface area contributed by atoms with E-state index in [2.05, 4.69) is 4.99 Å². The number of carbonyl (C=O) groups is 1. The van der Waals surface area contributed by atoms with Crippen LogP contribution in [0.5, 0.6) is 5.75 Å².